The molecule has 2 aromatic rings. The van der Waals surface area contributed by atoms with Gasteiger partial charge in [0, 0.05) is 57.6 Å². The predicted octanol–water partition coefficient (Wildman–Crippen LogP) is 2.04. The maximum atomic E-state index is 14.1. The fourth-order valence-electron chi connectivity index (χ4n) is 4.25. The molecule has 6 nitrogen and oxygen atoms in total. The zero-order chi connectivity index (χ0) is 19.0. The lowest BCUT2D eigenvalue weighted by atomic mass is 10.0. The van der Waals surface area contributed by atoms with Crippen LogP contribution in [0.1, 0.15) is 24.9 Å². The summed E-state index contributed by atoms with van der Waals surface area (Å²) in [7, 11) is 1.86. The number of carbonyl (C=O) groups excluding carboxylic acids is 1. The minimum absolute atomic E-state index is 0.0412. The Morgan fingerprint density at radius 2 is 1.89 bits per heavy atom. The minimum atomic E-state index is -0.148. The lowest BCUT2D eigenvalue weighted by molar-refractivity contribution is -0.122. The Morgan fingerprint density at radius 1 is 1.15 bits per heavy atom. The van der Waals surface area contributed by atoms with Crippen molar-refractivity contribution in [3.05, 3.63) is 48.0 Å². The number of anilines is 1. The third kappa shape index (κ3) is 3.49. The normalized spacial score (nSPS) is 23.1. The molecular weight excluding hydrogens is 345 g/mol. The molecule has 2 saturated heterocycles. The molecule has 2 fully saturated rings. The number of benzene rings is 1. The second-order valence-corrected chi connectivity index (χ2v) is 7.44. The summed E-state index contributed by atoms with van der Waals surface area (Å²) >= 11 is 0. The first-order valence-electron chi connectivity index (χ1n) is 9.57. The van der Waals surface area contributed by atoms with Crippen LogP contribution in [0.15, 0.2) is 36.7 Å². The largest absolute Gasteiger partial charge is 0.308 e. The van der Waals surface area contributed by atoms with Gasteiger partial charge in [-0.1, -0.05) is 18.2 Å². The third-order valence-corrected chi connectivity index (χ3v) is 5.87. The van der Waals surface area contributed by atoms with E-state index in [0.29, 0.717) is 0 Å². The molecule has 144 valence electrons. The highest BCUT2D eigenvalue weighted by Crippen LogP contribution is 2.27. The Morgan fingerprint density at radius 3 is 2.56 bits per heavy atom. The molecule has 0 N–H and O–H groups in total. The fourth-order valence-corrected chi connectivity index (χ4v) is 4.25. The van der Waals surface area contributed by atoms with Crippen molar-refractivity contribution in [3.8, 4) is 0 Å². The molecule has 4 rings (SSSR count). The summed E-state index contributed by atoms with van der Waals surface area (Å²) in [6.07, 6.45) is 4.47. The number of hydrogen-bond donors (Lipinski definition) is 0. The molecule has 1 aromatic carbocycles. The van der Waals surface area contributed by atoms with E-state index in [4.69, 9.17) is 0 Å². The number of nitrogens with zero attached hydrogens (tertiary/aromatic N) is 5. The fraction of sp³-hybridized carbons (Fsp3) is 0.500. The first kappa shape index (κ1) is 18.1. The molecular formula is C20H26FN5O. The van der Waals surface area contributed by atoms with Crippen molar-refractivity contribution in [1.82, 2.24) is 19.6 Å². The molecule has 0 bridgehead atoms. The van der Waals surface area contributed by atoms with Gasteiger partial charge in [-0.2, -0.15) is 5.10 Å². The summed E-state index contributed by atoms with van der Waals surface area (Å²) in [5.41, 5.74) is 1.61. The average molecular weight is 371 g/mol. The van der Waals surface area contributed by atoms with Gasteiger partial charge in [-0.3, -0.25) is 19.3 Å². The van der Waals surface area contributed by atoms with Gasteiger partial charge in [0.1, 0.15) is 5.82 Å². The first-order valence-corrected chi connectivity index (χ1v) is 9.57. The predicted molar refractivity (Wildman–Crippen MR) is 102 cm³/mol. The van der Waals surface area contributed by atoms with Crippen molar-refractivity contribution in [3.63, 3.8) is 0 Å². The summed E-state index contributed by atoms with van der Waals surface area (Å²) in [5.74, 6) is 0.0177. The molecule has 0 aliphatic carbocycles. The summed E-state index contributed by atoms with van der Waals surface area (Å²) < 4.78 is 15.8. The van der Waals surface area contributed by atoms with Crippen LogP contribution >= 0.6 is 0 Å². The standard InChI is InChI=1S/C20H26FN5O/c1-15(17-5-3-4-6-18(17)21)24-9-11-25(12-10-24)19-7-8-26(20(19)27)16-13-22-23(2)14-16/h3-6,13-15,19H,7-12H2,1-2H3/t15-,19-/m0/s1. The summed E-state index contributed by atoms with van der Waals surface area (Å²) in [5, 5.41) is 4.17. The first-order chi connectivity index (χ1) is 13.0. The van der Waals surface area contributed by atoms with Gasteiger partial charge in [0.15, 0.2) is 0 Å². The van der Waals surface area contributed by atoms with Gasteiger partial charge in [-0.25, -0.2) is 4.39 Å². The summed E-state index contributed by atoms with van der Waals surface area (Å²) in [6.45, 7) is 6.13. The highest BCUT2D eigenvalue weighted by atomic mass is 19.1. The highest BCUT2D eigenvalue weighted by molar-refractivity contribution is 5.99. The Bertz CT molecular complexity index is 814. The van der Waals surface area contributed by atoms with Gasteiger partial charge < -0.3 is 4.90 Å². The number of amides is 1. The van der Waals surface area contributed by atoms with Crippen LogP contribution in [-0.4, -0.2) is 64.3 Å². The summed E-state index contributed by atoms with van der Waals surface area (Å²) in [6, 6.07) is 6.97. The van der Waals surface area contributed by atoms with Crippen molar-refractivity contribution in [2.75, 3.05) is 37.6 Å². The second-order valence-electron chi connectivity index (χ2n) is 7.44. The van der Waals surface area contributed by atoms with E-state index in [1.54, 1.807) is 16.9 Å². The van der Waals surface area contributed by atoms with E-state index in [0.717, 1.165) is 50.4 Å². The quantitative estimate of drug-likeness (QED) is 0.825. The maximum absolute atomic E-state index is 14.1. The molecule has 0 spiro atoms. The van der Waals surface area contributed by atoms with Crippen LogP contribution in [0.3, 0.4) is 0 Å². The van der Waals surface area contributed by atoms with Crippen molar-refractivity contribution in [2.24, 2.45) is 7.05 Å². The summed E-state index contributed by atoms with van der Waals surface area (Å²) in [4.78, 5) is 19.3. The van der Waals surface area contributed by atoms with Gasteiger partial charge in [0.05, 0.1) is 17.9 Å². The monoisotopic (exact) mass is 371 g/mol. The zero-order valence-corrected chi connectivity index (χ0v) is 15.9. The van der Waals surface area contributed by atoms with E-state index >= 15 is 0 Å². The van der Waals surface area contributed by atoms with Gasteiger partial charge in [0.25, 0.3) is 0 Å². The number of carbonyl (C=O) groups is 1. The van der Waals surface area contributed by atoms with Gasteiger partial charge in [-0.15, -0.1) is 0 Å². The number of halogens is 1. The average Bonchev–Trinajstić information content (AvgIpc) is 3.27. The van der Waals surface area contributed by atoms with Gasteiger partial charge >= 0.3 is 0 Å². The molecule has 2 aliphatic heterocycles. The van der Waals surface area contributed by atoms with Crippen molar-refractivity contribution in [1.29, 1.82) is 0 Å². The lowest BCUT2D eigenvalue weighted by Gasteiger charge is -2.40. The van der Waals surface area contributed by atoms with Crippen LogP contribution in [0.25, 0.3) is 0 Å². The van der Waals surface area contributed by atoms with Crippen LogP contribution in [-0.2, 0) is 11.8 Å². The van der Waals surface area contributed by atoms with Crippen LogP contribution < -0.4 is 4.90 Å². The van der Waals surface area contributed by atoms with Crippen molar-refractivity contribution < 1.29 is 9.18 Å². The Labute approximate surface area is 159 Å². The Kier molecular flexibility index (Phi) is 4.97. The van der Waals surface area contributed by atoms with Crippen LogP contribution in [0.2, 0.25) is 0 Å². The van der Waals surface area contributed by atoms with E-state index in [-0.39, 0.29) is 23.8 Å². The lowest BCUT2D eigenvalue weighted by Crippen LogP contribution is -2.53. The van der Waals surface area contributed by atoms with E-state index in [1.165, 1.54) is 6.07 Å². The molecule has 0 radical (unpaired) electrons. The SMILES string of the molecule is C[C@@H](c1ccccc1F)N1CCN([C@H]2CCN(c3cnn(C)c3)C2=O)CC1. The van der Waals surface area contributed by atoms with Crippen molar-refractivity contribution >= 4 is 11.6 Å². The molecule has 1 aromatic heterocycles. The molecule has 2 aliphatic rings. The molecule has 7 heteroatoms. The van der Waals surface area contributed by atoms with E-state index in [2.05, 4.69) is 21.8 Å². The molecule has 1 amide bonds. The molecule has 27 heavy (non-hydrogen) atoms. The third-order valence-electron chi connectivity index (χ3n) is 5.87. The number of aromatic nitrogens is 2. The zero-order valence-electron chi connectivity index (χ0n) is 15.9. The number of piperazine rings is 1. The van der Waals surface area contributed by atoms with E-state index < -0.39 is 0 Å². The van der Waals surface area contributed by atoms with E-state index in [1.807, 2.05) is 30.3 Å². The number of rotatable bonds is 4. The van der Waals surface area contributed by atoms with Crippen LogP contribution in [0.5, 0.6) is 0 Å². The number of aryl methyl sites for hydroxylation is 1. The highest BCUT2D eigenvalue weighted by Gasteiger charge is 2.38. The smallest absolute Gasteiger partial charge is 0.244 e. The topological polar surface area (TPSA) is 44.6 Å². The Hall–Kier alpha value is -2.25. The molecule has 3 heterocycles. The van der Waals surface area contributed by atoms with E-state index in [9.17, 15) is 9.18 Å². The minimum Gasteiger partial charge on any atom is -0.308 e. The maximum Gasteiger partial charge on any atom is 0.244 e. The molecule has 0 saturated carbocycles. The number of hydrogen-bond acceptors (Lipinski definition) is 4. The van der Waals surface area contributed by atoms with Gasteiger partial charge in [-0.05, 0) is 19.4 Å². The van der Waals surface area contributed by atoms with Gasteiger partial charge in [0.2, 0.25) is 5.91 Å². The van der Waals surface area contributed by atoms with Crippen molar-refractivity contribution in [2.45, 2.75) is 25.4 Å². The van der Waals surface area contributed by atoms with Crippen LogP contribution in [0, 0.1) is 5.82 Å². The Balaban J connectivity index is 1.37. The molecule has 2 atom stereocenters. The molecule has 0 unspecified atom stereocenters. The second kappa shape index (κ2) is 7.40. The van der Waals surface area contributed by atoms with Crippen LogP contribution in [0.4, 0.5) is 10.1 Å².